The summed E-state index contributed by atoms with van der Waals surface area (Å²) in [4.78, 5) is 35.3. The van der Waals surface area contributed by atoms with Gasteiger partial charge in [-0.15, -0.1) is 0 Å². The Bertz CT molecular complexity index is 832. The first-order valence-corrected chi connectivity index (χ1v) is 7.38. The maximum Gasteiger partial charge on any atom is 0.323 e. The second-order valence-corrected chi connectivity index (χ2v) is 5.05. The van der Waals surface area contributed by atoms with E-state index in [-0.39, 0.29) is 5.56 Å². The number of para-hydroxylation sites is 2. The maximum absolute atomic E-state index is 12.1. The van der Waals surface area contributed by atoms with Crippen molar-refractivity contribution in [2.45, 2.75) is 6.92 Å². The Labute approximate surface area is 138 Å². The lowest BCUT2D eigenvalue weighted by Gasteiger charge is -2.12. The Hall–Kier alpha value is -3.35. The molecule has 0 fully saturated rings. The quantitative estimate of drug-likeness (QED) is 0.753. The van der Waals surface area contributed by atoms with E-state index in [2.05, 4.69) is 16.0 Å². The van der Waals surface area contributed by atoms with Crippen molar-refractivity contribution in [2.24, 2.45) is 0 Å². The van der Waals surface area contributed by atoms with Crippen LogP contribution in [0.5, 0.6) is 5.75 Å². The molecule has 1 heterocycles. The molecule has 1 aliphatic rings. The van der Waals surface area contributed by atoms with Gasteiger partial charge >= 0.3 is 6.03 Å². The summed E-state index contributed by atoms with van der Waals surface area (Å²) in [6, 6.07) is 11.1. The molecule has 0 bridgehead atoms. The number of hydrogen-bond donors (Lipinski definition) is 3. The molecule has 3 rings (SSSR count). The fraction of sp³-hybridized carbons (Fsp3) is 0.118. The van der Waals surface area contributed by atoms with Gasteiger partial charge in [0.15, 0.2) is 0 Å². The summed E-state index contributed by atoms with van der Waals surface area (Å²) in [5.41, 5.74) is 1.48. The third-order valence-electron chi connectivity index (χ3n) is 3.43. The van der Waals surface area contributed by atoms with Gasteiger partial charge < -0.3 is 15.4 Å². The smallest absolute Gasteiger partial charge is 0.323 e. The van der Waals surface area contributed by atoms with E-state index >= 15 is 0 Å². The van der Waals surface area contributed by atoms with Gasteiger partial charge in [-0.25, -0.2) is 4.79 Å². The molecule has 7 heteroatoms. The summed E-state index contributed by atoms with van der Waals surface area (Å²) in [6.45, 7) is 2.34. The van der Waals surface area contributed by atoms with Crippen LogP contribution in [0, 0.1) is 0 Å². The minimum atomic E-state index is -0.480. The van der Waals surface area contributed by atoms with E-state index in [0.29, 0.717) is 29.3 Å². The molecular formula is C17H15N3O4. The lowest BCUT2D eigenvalue weighted by atomic mass is 10.1. The molecule has 0 saturated heterocycles. The van der Waals surface area contributed by atoms with Crippen molar-refractivity contribution in [2.75, 3.05) is 17.2 Å². The summed E-state index contributed by atoms with van der Waals surface area (Å²) in [5.74, 6) is -0.341. The van der Waals surface area contributed by atoms with E-state index in [9.17, 15) is 14.4 Å². The number of nitrogens with one attached hydrogen (secondary N) is 3. The number of amides is 4. The van der Waals surface area contributed by atoms with Crippen LogP contribution in [0.15, 0.2) is 42.5 Å². The molecule has 0 radical (unpaired) electrons. The van der Waals surface area contributed by atoms with Gasteiger partial charge in [0.25, 0.3) is 11.8 Å². The number of imide groups is 1. The first-order chi connectivity index (χ1) is 11.6. The molecule has 4 amide bonds. The van der Waals surface area contributed by atoms with Crippen molar-refractivity contribution >= 4 is 29.2 Å². The SMILES string of the molecule is CCOc1ccccc1NC(=O)Nc1ccc2c(c1)C(=O)NC2=O. The van der Waals surface area contributed by atoms with Gasteiger partial charge in [-0.2, -0.15) is 0 Å². The van der Waals surface area contributed by atoms with Crippen LogP contribution in [0.3, 0.4) is 0 Å². The van der Waals surface area contributed by atoms with Crippen molar-refractivity contribution < 1.29 is 19.1 Å². The number of benzene rings is 2. The highest BCUT2D eigenvalue weighted by Crippen LogP contribution is 2.24. The monoisotopic (exact) mass is 325 g/mol. The van der Waals surface area contributed by atoms with Crippen molar-refractivity contribution in [1.82, 2.24) is 5.32 Å². The van der Waals surface area contributed by atoms with Crippen molar-refractivity contribution in [1.29, 1.82) is 0 Å². The van der Waals surface area contributed by atoms with Crippen molar-refractivity contribution in [3.63, 3.8) is 0 Å². The van der Waals surface area contributed by atoms with Gasteiger partial charge in [-0.3, -0.25) is 14.9 Å². The third-order valence-corrected chi connectivity index (χ3v) is 3.43. The Balaban J connectivity index is 1.73. The van der Waals surface area contributed by atoms with Gasteiger partial charge in [0, 0.05) is 5.69 Å². The standard InChI is InChI=1S/C17H15N3O4/c1-2-24-14-6-4-3-5-13(14)19-17(23)18-10-7-8-11-12(9-10)16(22)20-15(11)21/h3-9H,2H2,1H3,(H2,18,19,23)(H,20,21,22). The second kappa shape index (κ2) is 6.41. The Morgan fingerprint density at radius 3 is 2.58 bits per heavy atom. The van der Waals surface area contributed by atoms with Crippen LogP contribution < -0.4 is 20.7 Å². The molecule has 3 N–H and O–H groups in total. The van der Waals surface area contributed by atoms with Crippen LogP contribution in [0.4, 0.5) is 16.2 Å². The van der Waals surface area contributed by atoms with Gasteiger partial charge in [0.05, 0.1) is 23.4 Å². The number of rotatable bonds is 4. The van der Waals surface area contributed by atoms with Crippen LogP contribution >= 0.6 is 0 Å². The first kappa shape index (κ1) is 15.5. The fourth-order valence-electron chi connectivity index (χ4n) is 2.38. The summed E-state index contributed by atoms with van der Waals surface area (Å²) in [7, 11) is 0. The first-order valence-electron chi connectivity index (χ1n) is 7.38. The number of carbonyl (C=O) groups excluding carboxylic acids is 3. The topological polar surface area (TPSA) is 96.5 Å². The van der Waals surface area contributed by atoms with E-state index < -0.39 is 17.8 Å². The molecule has 7 nitrogen and oxygen atoms in total. The molecule has 0 unspecified atom stereocenters. The molecule has 1 aliphatic heterocycles. The molecular weight excluding hydrogens is 310 g/mol. The van der Waals surface area contributed by atoms with Crippen LogP contribution in [0.1, 0.15) is 27.6 Å². The maximum atomic E-state index is 12.1. The molecule has 0 aromatic heterocycles. The molecule has 24 heavy (non-hydrogen) atoms. The van der Waals surface area contributed by atoms with Gasteiger partial charge in [-0.05, 0) is 37.3 Å². The summed E-state index contributed by atoms with van der Waals surface area (Å²) in [6.07, 6.45) is 0. The Morgan fingerprint density at radius 2 is 1.79 bits per heavy atom. The number of anilines is 2. The fourth-order valence-corrected chi connectivity index (χ4v) is 2.38. The zero-order valence-corrected chi connectivity index (χ0v) is 12.9. The number of urea groups is 1. The van der Waals surface area contributed by atoms with E-state index in [4.69, 9.17) is 4.74 Å². The molecule has 0 aliphatic carbocycles. The van der Waals surface area contributed by atoms with E-state index in [1.165, 1.54) is 12.1 Å². The molecule has 0 spiro atoms. The van der Waals surface area contributed by atoms with Crippen LogP contribution in [0.25, 0.3) is 0 Å². The highest BCUT2D eigenvalue weighted by molar-refractivity contribution is 6.22. The Kier molecular flexibility index (Phi) is 4.15. The predicted molar refractivity (Wildman–Crippen MR) is 88.5 cm³/mol. The van der Waals surface area contributed by atoms with E-state index in [0.717, 1.165) is 0 Å². The number of ether oxygens (including phenoxy) is 1. The average Bonchev–Trinajstić information content (AvgIpc) is 2.84. The van der Waals surface area contributed by atoms with Crippen molar-refractivity contribution in [3.8, 4) is 5.75 Å². The van der Waals surface area contributed by atoms with E-state index in [1.807, 2.05) is 13.0 Å². The predicted octanol–water partition coefficient (Wildman–Crippen LogP) is 2.61. The summed E-state index contributed by atoms with van der Waals surface area (Å²) < 4.78 is 5.44. The third kappa shape index (κ3) is 3.05. The number of carbonyl (C=O) groups is 3. The summed E-state index contributed by atoms with van der Waals surface area (Å²) in [5, 5.41) is 7.52. The zero-order valence-electron chi connectivity index (χ0n) is 12.9. The minimum Gasteiger partial charge on any atom is -0.492 e. The van der Waals surface area contributed by atoms with Gasteiger partial charge in [0.1, 0.15) is 5.75 Å². The van der Waals surface area contributed by atoms with E-state index in [1.54, 1.807) is 24.3 Å². The summed E-state index contributed by atoms with van der Waals surface area (Å²) >= 11 is 0. The zero-order chi connectivity index (χ0) is 17.1. The Morgan fingerprint density at radius 1 is 1.04 bits per heavy atom. The highest BCUT2D eigenvalue weighted by Gasteiger charge is 2.26. The molecule has 122 valence electrons. The van der Waals surface area contributed by atoms with Crippen molar-refractivity contribution in [3.05, 3.63) is 53.6 Å². The number of fused-ring (bicyclic) bond motifs is 1. The molecule has 0 saturated carbocycles. The van der Waals surface area contributed by atoms with Crippen LogP contribution in [-0.2, 0) is 0 Å². The molecule has 0 atom stereocenters. The highest BCUT2D eigenvalue weighted by atomic mass is 16.5. The van der Waals surface area contributed by atoms with Crippen LogP contribution in [0.2, 0.25) is 0 Å². The second-order valence-electron chi connectivity index (χ2n) is 5.05. The van der Waals surface area contributed by atoms with Crippen LogP contribution in [-0.4, -0.2) is 24.5 Å². The minimum absolute atomic E-state index is 0.243. The average molecular weight is 325 g/mol. The van der Waals surface area contributed by atoms with Gasteiger partial charge in [0.2, 0.25) is 0 Å². The normalized spacial score (nSPS) is 12.4. The lowest BCUT2D eigenvalue weighted by molar-refractivity contribution is 0.0879. The molecule has 2 aromatic carbocycles. The molecule has 2 aromatic rings. The largest absolute Gasteiger partial charge is 0.492 e. The van der Waals surface area contributed by atoms with Gasteiger partial charge in [-0.1, -0.05) is 12.1 Å². The lowest BCUT2D eigenvalue weighted by Crippen LogP contribution is -2.20. The number of hydrogen-bond acceptors (Lipinski definition) is 4.